The van der Waals surface area contributed by atoms with E-state index in [1.165, 1.54) is 53.6 Å². The van der Waals surface area contributed by atoms with E-state index >= 15 is 0 Å². The summed E-state index contributed by atoms with van der Waals surface area (Å²) < 4.78 is 4.84. The molecule has 0 radical (unpaired) electrons. The third-order valence-electron chi connectivity index (χ3n) is 11.6. The van der Waals surface area contributed by atoms with Gasteiger partial charge in [-0.15, -0.1) is 11.3 Å². The van der Waals surface area contributed by atoms with Gasteiger partial charge in [-0.25, -0.2) is 9.98 Å². The lowest BCUT2D eigenvalue weighted by atomic mass is 9.80. The van der Waals surface area contributed by atoms with Crippen LogP contribution in [0.1, 0.15) is 75.9 Å². The van der Waals surface area contributed by atoms with Crippen LogP contribution in [0.15, 0.2) is 168 Å². The van der Waals surface area contributed by atoms with E-state index in [2.05, 4.69) is 186 Å². The maximum atomic E-state index is 5.29. The van der Waals surface area contributed by atoms with Crippen molar-refractivity contribution in [3.8, 4) is 16.8 Å². The molecule has 5 heteroatoms. The van der Waals surface area contributed by atoms with Crippen LogP contribution >= 0.6 is 11.3 Å². The molecule has 288 valence electrons. The van der Waals surface area contributed by atoms with Crippen LogP contribution in [-0.2, 0) is 10.8 Å². The maximum Gasteiger partial charge on any atom is 0.179 e. The van der Waals surface area contributed by atoms with E-state index in [4.69, 9.17) is 15.0 Å². The molecule has 0 fully saturated rings. The summed E-state index contributed by atoms with van der Waals surface area (Å²) in [6.07, 6.45) is 4.76. The average molecular weight is 783 g/mol. The molecule has 6 aromatic carbocycles. The second-order valence-electron chi connectivity index (χ2n) is 17.7. The standard InChI is InChI=1S/C54H46N4S/c1-53(2,3)38-31-39(54(4,5)6)33-40(32-38)58-46-20-14-13-19-41(46)42-29-36(21-25-47(42)58)37-22-26-48-43(30-37)50-49(59-48)27-28-55-51(50)52-56-44(34-15-9-7-10-16-34)23-24-45(57-52)35-17-11-8-12-18-35/h7-23,25-33H,24H2,1-6H3. The number of para-hydroxylation sites is 1. The number of thiophene rings is 1. The minimum absolute atomic E-state index is 0.0159. The van der Waals surface area contributed by atoms with Crippen molar-refractivity contribution >= 4 is 70.6 Å². The number of pyridine rings is 1. The SMILES string of the molecule is CC(C)(C)c1cc(-n2c3ccccc3c3cc(-c4ccc5sc6ccnc(C7=NC(c8ccccc8)=CCC(c8ccccc8)=N7)c6c5c4)ccc32)cc(C(C)(C)C)c1. The second kappa shape index (κ2) is 14.1. The molecule has 0 amide bonds. The van der Waals surface area contributed by atoms with Gasteiger partial charge in [0, 0.05) is 49.2 Å². The number of amidine groups is 1. The number of rotatable bonds is 5. The molecular weight excluding hydrogens is 737 g/mol. The van der Waals surface area contributed by atoms with Crippen LogP contribution in [0, 0.1) is 0 Å². The Hall–Kier alpha value is -6.43. The number of hydrogen-bond acceptors (Lipinski definition) is 4. The van der Waals surface area contributed by atoms with Crippen molar-refractivity contribution in [1.29, 1.82) is 0 Å². The van der Waals surface area contributed by atoms with Gasteiger partial charge < -0.3 is 4.57 Å². The van der Waals surface area contributed by atoms with Crippen molar-refractivity contribution < 1.29 is 0 Å². The number of allylic oxidation sites excluding steroid dienone is 1. The first-order valence-electron chi connectivity index (χ1n) is 20.5. The molecule has 10 rings (SSSR count). The molecule has 0 saturated carbocycles. The smallest absolute Gasteiger partial charge is 0.179 e. The van der Waals surface area contributed by atoms with E-state index in [1.54, 1.807) is 11.3 Å². The van der Waals surface area contributed by atoms with E-state index in [0.717, 1.165) is 44.6 Å². The van der Waals surface area contributed by atoms with Crippen molar-refractivity contribution in [1.82, 2.24) is 9.55 Å². The van der Waals surface area contributed by atoms with Crippen LogP contribution in [0.5, 0.6) is 0 Å². The van der Waals surface area contributed by atoms with E-state index < -0.39 is 0 Å². The quantitative estimate of drug-likeness (QED) is 0.171. The van der Waals surface area contributed by atoms with Crippen LogP contribution in [0.3, 0.4) is 0 Å². The topological polar surface area (TPSA) is 42.5 Å². The Morgan fingerprint density at radius 3 is 1.86 bits per heavy atom. The first-order chi connectivity index (χ1) is 28.5. The third-order valence-corrected chi connectivity index (χ3v) is 12.8. The summed E-state index contributed by atoms with van der Waals surface area (Å²) in [4.78, 5) is 15.6. The second-order valence-corrected chi connectivity index (χ2v) is 18.8. The molecule has 0 aliphatic carbocycles. The molecule has 0 N–H and O–H groups in total. The first kappa shape index (κ1) is 36.9. The summed E-state index contributed by atoms with van der Waals surface area (Å²) >= 11 is 1.79. The molecule has 9 aromatic rings. The largest absolute Gasteiger partial charge is 0.309 e. The molecule has 0 atom stereocenters. The molecule has 3 aromatic heterocycles. The highest BCUT2D eigenvalue weighted by Crippen LogP contribution is 2.41. The van der Waals surface area contributed by atoms with Crippen LogP contribution in [0.25, 0.3) is 64.5 Å². The molecule has 0 spiro atoms. The van der Waals surface area contributed by atoms with Gasteiger partial charge in [-0.1, -0.05) is 145 Å². The molecule has 4 heterocycles. The zero-order valence-electron chi connectivity index (χ0n) is 34.4. The fourth-order valence-corrected chi connectivity index (χ4v) is 9.45. The number of fused-ring (bicyclic) bond motifs is 6. The molecule has 0 saturated heterocycles. The minimum atomic E-state index is 0.0159. The summed E-state index contributed by atoms with van der Waals surface area (Å²) in [7, 11) is 0. The monoisotopic (exact) mass is 782 g/mol. The third kappa shape index (κ3) is 6.70. The molecule has 4 nitrogen and oxygen atoms in total. The fourth-order valence-electron chi connectivity index (χ4n) is 8.37. The van der Waals surface area contributed by atoms with Gasteiger partial charge >= 0.3 is 0 Å². The Bertz CT molecular complexity index is 3150. The van der Waals surface area contributed by atoms with Crippen molar-refractivity contribution in [2.45, 2.75) is 58.8 Å². The first-order valence-corrected chi connectivity index (χ1v) is 21.3. The highest BCUT2D eigenvalue weighted by molar-refractivity contribution is 7.25. The Kier molecular flexibility index (Phi) is 8.84. The van der Waals surface area contributed by atoms with Gasteiger partial charge in [0.2, 0.25) is 0 Å². The van der Waals surface area contributed by atoms with Gasteiger partial charge in [-0.2, -0.15) is 0 Å². The summed E-state index contributed by atoms with van der Waals surface area (Å²) in [6, 6.07) is 52.8. The molecule has 1 aliphatic heterocycles. The zero-order valence-corrected chi connectivity index (χ0v) is 35.2. The molecule has 1 aliphatic rings. The predicted molar refractivity (Wildman–Crippen MR) is 253 cm³/mol. The Labute approximate surface area is 350 Å². The van der Waals surface area contributed by atoms with Crippen LogP contribution in [0.2, 0.25) is 0 Å². The van der Waals surface area contributed by atoms with Gasteiger partial charge in [0.05, 0.1) is 22.4 Å². The minimum Gasteiger partial charge on any atom is -0.309 e. The van der Waals surface area contributed by atoms with E-state index in [1.807, 2.05) is 18.3 Å². The highest BCUT2D eigenvalue weighted by Gasteiger charge is 2.24. The Balaban J connectivity index is 1.14. The summed E-state index contributed by atoms with van der Waals surface area (Å²) in [6.45, 7) is 13.8. The lowest BCUT2D eigenvalue weighted by molar-refractivity contribution is 0.568. The van der Waals surface area contributed by atoms with E-state index in [0.29, 0.717) is 12.3 Å². The van der Waals surface area contributed by atoms with E-state index in [9.17, 15) is 0 Å². The number of nitrogens with zero attached hydrogens (tertiary/aromatic N) is 4. The van der Waals surface area contributed by atoms with Crippen molar-refractivity contribution in [2.75, 3.05) is 0 Å². The molecule has 0 unspecified atom stereocenters. The number of aliphatic imine (C=N–C) groups is 2. The molecular formula is C54H46N4S. The Morgan fingerprint density at radius 2 is 1.15 bits per heavy atom. The lowest BCUT2D eigenvalue weighted by Crippen LogP contribution is -2.17. The van der Waals surface area contributed by atoms with E-state index in [-0.39, 0.29) is 10.8 Å². The van der Waals surface area contributed by atoms with Crippen molar-refractivity contribution in [2.24, 2.45) is 9.98 Å². The molecule has 59 heavy (non-hydrogen) atoms. The molecule has 0 bridgehead atoms. The predicted octanol–water partition coefficient (Wildman–Crippen LogP) is 14.5. The number of aromatic nitrogens is 2. The summed E-state index contributed by atoms with van der Waals surface area (Å²) in [5.41, 5.74) is 13.5. The number of benzene rings is 6. The summed E-state index contributed by atoms with van der Waals surface area (Å²) in [5, 5.41) is 4.74. The fraction of sp³-hybridized carbons (Fsp3) is 0.167. The van der Waals surface area contributed by atoms with Crippen LogP contribution in [0.4, 0.5) is 0 Å². The Morgan fingerprint density at radius 1 is 0.525 bits per heavy atom. The summed E-state index contributed by atoms with van der Waals surface area (Å²) in [5.74, 6) is 0.631. The maximum absolute atomic E-state index is 5.29. The lowest BCUT2D eigenvalue weighted by Gasteiger charge is -2.26. The van der Waals surface area contributed by atoms with Gasteiger partial charge in [0.1, 0.15) is 5.69 Å². The van der Waals surface area contributed by atoms with Crippen LogP contribution < -0.4 is 0 Å². The van der Waals surface area contributed by atoms with Gasteiger partial charge in [-0.3, -0.25) is 4.98 Å². The van der Waals surface area contributed by atoms with Crippen molar-refractivity contribution in [3.05, 3.63) is 186 Å². The van der Waals surface area contributed by atoms with Crippen LogP contribution in [-0.4, -0.2) is 21.1 Å². The highest BCUT2D eigenvalue weighted by atomic mass is 32.1. The van der Waals surface area contributed by atoms with Gasteiger partial charge in [-0.05, 0) is 92.7 Å². The zero-order chi connectivity index (χ0) is 40.5. The number of hydrogen-bond donors (Lipinski definition) is 0. The van der Waals surface area contributed by atoms with Gasteiger partial charge in [0.15, 0.2) is 5.84 Å². The average Bonchev–Trinajstić information content (AvgIpc) is 3.69. The van der Waals surface area contributed by atoms with Gasteiger partial charge in [0.25, 0.3) is 0 Å². The normalized spacial score (nSPS) is 13.8. The van der Waals surface area contributed by atoms with Crippen molar-refractivity contribution in [3.63, 3.8) is 0 Å².